The predicted octanol–water partition coefficient (Wildman–Crippen LogP) is 10.2. The summed E-state index contributed by atoms with van der Waals surface area (Å²) in [5.41, 5.74) is 15.2. The quantitative estimate of drug-likeness (QED) is 0.218. The SMILES string of the molecule is CC1c2cc(-c3cccc(C4CCCNC4)c3)ccc2-c2ccc(-c3cccc(C4CCCC(c5ccccc5)N4)c3)cc21. The third-order valence-corrected chi connectivity index (χ3v) is 10.5. The van der Waals surface area contributed by atoms with Gasteiger partial charge in [-0.1, -0.05) is 104 Å². The van der Waals surface area contributed by atoms with Gasteiger partial charge in [-0.05, 0) is 124 Å². The maximum absolute atomic E-state index is 3.96. The van der Waals surface area contributed by atoms with Gasteiger partial charge in [0.05, 0.1) is 0 Å². The molecule has 4 atom stereocenters. The van der Waals surface area contributed by atoms with Crippen molar-refractivity contribution in [2.45, 2.75) is 62.9 Å². The molecule has 3 aliphatic rings. The first-order valence-electron chi connectivity index (χ1n) is 16.7. The Morgan fingerprint density at radius 2 is 1.11 bits per heavy atom. The van der Waals surface area contributed by atoms with Gasteiger partial charge in [0, 0.05) is 24.5 Å². The van der Waals surface area contributed by atoms with Crippen molar-refractivity contribution >= 4 is 0 Å². The minimum absolute atomic E-state index is 0.375. The highest BCUT2D eigenvalue weighted by Gasteiger charge is 2.27. The van der Waals surface area contributed by atoms with Gasteiger partial charge in [-0.2, -0.15) is 0 Å². The highest BCUT2D eigenvalue weighted by atomic mass is 15.0. The number of rotatable bonds is 5. The molecule has 2 nitrogen and oxygen atoms in total. The van der Waals surface area contributed by atoms with Gasteiger partial charge in [0.25, 0.3) is 0 Å². The molecular weight excluding hydrogens is 532 g/mol. The van der Waals surface area contributed by atoms with Crippen molar-refractivity contribution in [3.63, 3.8) is 0 Å². The second kappa shape index (κ2) is 11.8. The maximum atomic E-state index is 3.96. The van der Waals surface area contributed by atoms with E-state index in [-0.39, 0.29) is 0 Å². The topological polar surface area (TPSA) is 24.1 Å². The summed E-state index contributed by atoms with van der Waals surface area (Å²) in [6.45, 7) is 4.63. The number of benzene rings is 5. The van der Waals surface area contributed by atoms with Crippen molar-refractivity contribution < 1.29 is 0 Å². The van der Waals surface area contributed by atoms with E-state index in [0.717, 1.165) is 13.1 Å². The van der Waals surface area contributed by atoms with Gasteiger partial charge in [-0.3, -0.25) is 0 Å². The first-order valence-corrected chi connectivity index (χ1v) is 16.7. The molecule has 2 heterocycles. The Kier molecular flexibility index (Phi) is 7.42. The van der Waals surface area contributed by atoms with Crippen LogP contribution in [0.2, 0.25) is 0 Å². The average molecular weight is 575 g/mol. The van der Waals surface area contributed by atoms with Crippen LogP contribution in [-0.2, 0) is 0 Å². The molecule has 220 valence electrons. The highest BCUT2D eigenvalue weighted by molar-refractivity contribution is 5.84. The van der Waals surface area contributed by atoms with E-state index in [0.29, 0.717) is 23.9 Å². The molecule has 2 heteroatoms. The monoisotopic (exact) mass is 574 g/mol. The van der Waals surface area contributed by atoms with Crippen LogP contribution in [0.15, 0.2) is 115 Å². The van der Waals surface area contributed by atoms with Crippen LogP contribution >= 0.6 is 0 Å². The summed E-state index contributed by atoms with van der Waals surface area (Å²) < 4.78 is 0. The molecule has 5 aromatic rings. The molecule has 1 aliphatic carbocycles. The summed E-state index contributed by atoms with van der Waals surface area (Å²) in [7, 11) is 0. The van der Waals surface area contributed by atoms with Crippen molar-refractivity contribution in [2.75, 3.05) is 13.1 Å². The molecule has 4 unspecified atom stereocenters. The van der Waals surface area contributed by atoms with Crippen molar-refractivity contribution in [1.82, 2.24) is 10.6 Å². The van der Waals surface area contributed by atoms with E-state index in [4.69, 9.17) is 0 Å². The molecule has 0 amide bonds. The highest BCUT2D eigenvalue weighted by Crippen LogP contribution is 2.47. The minimum Gasteiger partial charge on any atom is -0.316 e. The van der Waals surface area contributed by atoms with E-state index >= 15 is 0 Å². The lowest BCUT2D eigenvalue weighted by Gasteiger charge is -2.32. The van der Waals surface area contributed by atoms with Crippen molar-refractivity contribution in [2.24, 2.45) is 0 Å². The molecule has 0 radical (unpaired) electrons. The lowest BCUT2D eigenvalue weighted by atomic mass is 9.88. The standard InChI is InChI=1S/C42H42N2/c1-28-39-25-33(30-11-5-13-32(23-30)36-15-8-22-43-27-36)18-20-37(39)38-21-19-34(26-40(28)38)31-12-6-14-35(24-31)42-17-7-16-41(44-42)29-9-3-2-4-10-29/h2-6,9-14,18-21,23-26,28,36,41-44H,7-8,15-17,22,27H2,1H3. The molecule has 0 bridgehead atoms. The van der Waals surface area contributed by atoms with Crippen LogP contribution in [0.1, 0.15) is 90.8 Å². The molecule has 0 saturated carbocycles. The first kappa shape index (κ1) is 27.6. The fourth-order valence-corrected chi connectivity index (χ4v) is 8.05. The Hall–Kier alpha value is -3.98. The third kappa shape index (κ3) is 5.21. The van der Waals surface area contributed by atoms with Crippen LogP contribution < -0.4 is 10.6 Å². The van der Waals surface area contributed by atoms with Crippen LogP contribution in [0, 0.1) is 0 Å². The summed E-state index contributed by atoms with van der Waals surface area (Å²) >= 11 is 0. The van der Waals surface area contributed by atoms with Crippen molar-refractivity contribution in [1.29, 1.82) is 0 Å². The van der Waals surface area contributed by atoms with E-state index in [9.17, 15) is 0 Å². The largest absolute Gasteiger partial charge is 0.316 e. The fourth-order valence-electron chi connectivity index (χ4n) is 8.05. The average Bonchev–Trinajstić information content (AvgIpc) is 3.39. The molecule has 0 aromatic heterocycles. The van der Waals surface area contributed by atoms with Gasteiger partial charge in [0.1, 0.15) is 0 Å². The lowest BCUT2D eigenvalue weighted by molar-refractivity contribution is 0.330. The van der Waals surface area contributed by atoms with Gasteiger partial charge < -0.3 is 10.6 Å². The molecule has 2 saturated heterocycles. The summed E-state index contributed by atoms with van der Waals surface area (Å²) in [5, 5.41) is 7.55. The Labute approximate surface area is 262 Å². The molecule has 0 spiro atoms. The van der Waals surface area contributed by atoms with E-state index in [1.807, 2.05) is 0 Å². The molecule has 2 fully saturated rings. The van der Waals surface area contributed by atoms with E-state index < -0.39 is 0 Å². The Balaban J connectivity index is 1.05. The number of nitrogens with one attached hydrogen (secondary N) is 2. The van der Waals surface area contributed by atoms with Gasteiger partial charge in [-0.15, -0.1) is 0 Å². The second-order valence-corrected chi connectivity index (χ2v) is 13.2. The van der Waals surface area contributed by atoms with Gasteiger partial charge in [0.2, 0.25) is 0 Å². The van der Waals surface area contributed by atoms with Crippen LogP contribution in [-0.4, -0.2) is 13.1 Å². The smallest absolute Gasteiger partial charge is 0.0326 e. The summed E-state index contributed by atoms with van der Waals surface area (Å²) in [4.78, 5) is 0. The van der Waals surface area contributed by atoms with Gasteiger partial charge in [0.15, 0.2) is 0 Å². The van der Waals surface area contributed by atoms with Crippen LogP contribution in [0.3, 0.4) is 0 Å². The zero-order chi connectivity index (χ0) is 29.5. The predicted molar refractivity (Wildman–Crippen MR) is 184 cm³/mol. The zero-order valence-electron chi connectivity index (χ0n) is 25.7. The Bertz CT molecular complexity index is 1780. The summed E-state index contributed by atoms with van der Waals surface area (Å²) in [6, 6.07) is 44.6. The van der Waals surface area contributed by atoms with Crippen LogP contribution in [0.5, 0.6) is 0 Å². The van der Waals surface area contributed by atoms with Gasteiger partial charge >= 0.3 is 0 Å². The first-order chi connectivity index (χ1) is 21.7. The zero-order valence-corrected chi connectivity index (χ0v) is 25.7. The summed E-state index contributed by atoms with van der Waals surface area (Å²) in [5.74, 6) is 0.998. The minimum atomic E-state index is 0.375. The molecule has 5 aromatic carbocycles. The Morgan fingerprint density at radius 3 is 1.77 bits per heavy atom. The van der Waals surface area contributed by atoms with Crippen LogP contribution in [0.25, 0.3) is 33.4 Å². The summed E-state index contributed by atoms with van der Waals surface area (Å²) in [6.07, 6.45) is 6.19. The molecule has 44 heavy (non-hydrogen) atoms. The molecular formula is C42H42N2. The number of fused-ring (bicyclic) bond motifs is 3. The number of piperidine rings is 2. The normalized spacial score (nSPS) is 22.8. The molecule has 2 N–H and O–H groups in total. The van der Waals surface area contributed by atoms with Crippen molar-refractivity contribution in [3.8, 4) is 33.4 Å². The maximum Gasteiger partial charge on any atom is 0.0326 e. The van der Waals surface area contributed by atoms with E-state index in [1.165, 1.54) is 93.3 Å². The lowest BCUT2D eigenvalue weighted by Crippen LogP contribution is -2.30. The van der Waals surface area contributed by atoms with E-state index in [2.05, 4.69) is 133 Å². The molecule has 8 rings (SSSR count). The van der Waals surface area contributed by atoms with Gasteiger partial charge in [-0.25, -0.2) is 0 Å². The van der Waals surface area contributed by atoms with Crippen molar-refractivity contribution in [3.05, 3.63) is 143 Å². The van der Waals surface area contributed by atoms with E-state index in [1.54, 1.807) is 0 Å². The number of hydrogen-bond donors (Lipinski definition) is 2. The fraction of sp³-hybridized carbons (Fsp3) is 0.286. The molecule has 2 aliphatic heterocycles. The second-order valence-electron chi connectivity index (χ2n) is 13.2. The van der Waals surface area contributed by atoms with Crippen LogP contribution in [0.4, 0.5) is 0 Å². The third-order valence-electron chi connectivity index (χ3n) is 10.5. The Morgan fingerprint density at radius 1 is 0.523 bits per heavy atom. The number of hydrogen-bond acceptors (Lipinski definition) is 2.